The number of amides is 1. The molecule has 0 atom stereocenters. The molecular formula is C14H29N3O. The van der Waals surface area contributed by atoms with Gasteiger partial charge in [0.05, 0.1) is 0 Å². The predicted molar refractivity (Wildman–Crippen MR) is 75.3 cm³/mol. The predicted octanol–water partition coefficient (Wildman–Crippen LogP) is 1.21. The van der Waals surface area contributed by atoms with Gasteiger partial charge in [0.1, 0.15) is 0 Å². The Bertz CT molecular complexity index is 258. The van der Waals surface area contributed by atoms with Crippen LogP contribution in [0.2, 0.25) is 0 Å². The normalized spacial score (nSPS) is 18.9. The number of likely N-dealkylation sites (tertiary alicyclic amines) is 1. The quantitative estimate of drug-likeness (QED) is 0.750. The van der Waals surface area contributed by atoms with Crippen LogP contribution < -0.4 is 11.1 Å². The zero-order valence-electron chi connectivity index (χ0n) is 12.2. The van der Waals surface area contributed by atoms with E-state index in [4.69, 9.17) is 5.73 Å². The molecule has 1 aliphatic heterocycles. The highest BCUT2D eigenvalue weighted by molar-refractivity contribution is 5.81. The SMILES string of the molecule is CC1CCN(CCNC(=O)C(C)(C)CCN)CC1. The smallest absolute Gasteiger partial charge is 0.225 e. The minimum absolute atomic E-state index is 0.123. The second kappa shape index (κ2) is 7.10. The van der Waals surface area contributed by atoms with Gasteiger partial charge in [-0.25, -0.2) is 0 Å². The molecule has 0 aromatic heterocycles. The standard InChI is InChI=1S/C14H29N3O/c1-12-4-9-17(10-5-12)11-8-16-13(18)14(2,3)6-7-15/h12H,4-11,15H2,1-3H3,(H,16,18). The number of hydrogen-bond acceptors (Lipinski definition) is 3. The van der Waals surface area contributed by atoms with Crippen LogP contribution in [0, 0.1) is 11.3 Å². The molecule has 18 heavy (non-hydrogen) atoms. The van der Waals surface area contributed by atoms with Crippen molar-refractivity contribution in [1.29, 1.82) is 0 Å². The summed E-state index contributed by atoms with van der Waals surface area (Å²) in [5, 5.41) is 3.03. The van der Waals surface area contributed by atoms with Crippen LogP contribution in [0.5, 0.6) is 0 Å². The molecule has 3 N–H and O–H groups in total. The van der Waals surface area contributed by atoms with Gasteiger partial charge in [-0.15, -0.1) is 0 Å². The van der Waals surface area contributed by atoms with Crippen molar-refractivity contribution in [2.75, 3.05) is 32.7 Å². The average molecular weight is 255 g/mol. The Kier molecular flexibility index (Phi) is 6.09. The topological polar surface area (TPSA) is 58.4 Å². The first-order valence-corrected chi connectivity index (χ1v) is 7.16. The fourth-order valence-electron chi connectivity index (χ4n) is 2.33. The molecule has 4 heteroatoms. The molecule has 4 nitrogen and oxygen atoms in total. The van der Waals surface area contributed by atoms with E-state index in [1.165, 1.54) is 25.9 Å². The monoisotopic (exact) mass is 255 g/mol. The van der Waals surface area contributed by atoms with Crippen molar-refractivity contribution in [3.05, 3.63) is 0 Å². The van der Waals surface area contributed by atoms with Gasteiger partial charge in [0.25, 0.3) is 0 Å². The maximum absolute atomic E-state index is 12.0. The van der Waals surface area contributed by atoms with Gasteiger partial charge in [0.2, 0.25) is 5.91 Å². The Morgan fingerprint density at radius 3 is 2.56 bits per heavy atom. The van der Waals surface area contributed by atoms with Crippen LogP contribution in [0.1, 0.15) is 40.0 Å². The lowest BCUT2D eigenvalue weighted by molar-refractivity contribution is -0.129. The molecule has 0 aromatic carbocycles. The number of rotatable bonds is 6. The first-order chi connectivity index (χ1) is 8.45. The Morgan fingerprint density at radius 2 is 2.00 bits per heavy atom. The summed E-state index contributed by atoms with van der Waals surface area (Å²) in [5.74, 6) is 0.984. The third-order valence-electron chi connectivity index (χ3n) is 3.97. The van der Waals surface area contributed by atoms with Crippen LogP contribution in [0.4, 0.5) is 0 Å². The van der Waals surface area contributed by atoms with Gasteiger partial charge in [-0.3, -0.25) is 4.79 Å². The molecule has 1 heterocycles. The number of nitrogens with zero attached hydrogens (tertiary/aromatic N) is 1. The average Bonchev–Trinajstić information content (AvgIpc) is 2.31. The highest BCUT2D eigenvalue weighted by Crippen LogP contribution is 2.19. The summed E-state index contributed by atoms with van der Waals surface area (Å²) in [6.45, 7) is 10.8. The molecule has 0 unspecified atom stereocenters. The van der Waals surface area contributed by atoms with Gasteiger partial charge in [0.15, 0.2) is 0 Å². The number of piperidine rings is 1. The molecule has 1 amide bonds. The van der Waals surface area contributed by atoms with Crippen molar-refractivity contribution in [2.45, 2.75) is 40.0 Å². The second-order valence-corrected chi connectivity index (χ2v) is 6.20. The van der Waals surface area contributed by atoms with E-state index in [-0.39, 0.29) is 11.3 Å². The van der Waals surface area contributed by atoms with E-state index in [2.05, 4.69) is 17.1 Å². The number of carbonyl (C=O) groups excluding carboxylic acids is 1. The maximum Gasteiger partial charge on any atom is 0.225 e. The molecule has 0 spiro atoms. The summed E-state index contributed by atoms with van der Waals surface area (Å²) < 4.78 is 0. The zero-order valence-corrected chi connectivity index (χ0v) is 12.2. The van der Waals surface area contributed by atoms with Crippen molar-refractivity contribution in [3.63, 3.8) is 0 Å². The third kappa shape index (κ3) is 4.94. The Morgan fingerprint density at radius 1 is 1.39 bits per heavy atom. The largest absolute Gasteiger partial charge is 0.354 e. The van der Waals surface area contributed by atoms with E-state index in [0.717, 1.165) is 25.4 Å². The third-order valence-corrected chi connectivity index (χ3v) is 3.97. The number of nitrogens with one attached hydrogen (secondary N) is 1. The minimum atomic E-state index is -0.342. The molecule has 106 valence electrons. The molecular weight excluding hydrogens is 226 g/mol. The zero-order chi connectivity index (χ0) is 13.6. The van der Waals surface area contributed by atoms with Crippen molar-refractivity contribution in [2.24, 2.45) is 17.1 Å². The van der Waals surface area contributed by atoms with Crippen molar-refractivity contribution < 1.29 is 4.79 Å². The Hall–Kier alpha value is -0.610. The molecule has 1 saturated heterocycles. The molecule has 0 radical (unpaired) electrons. The number of carbonyl (C=O) groups is 1. The minimum Gasteiger partial charge on any atom is -0.354 e. The van der Waals surface area contributed by atoms with E-state index in [0.29, 0.717) is 6.54 Å². The van der Waals surface area contributed by atoms with E-state index < -0.39 is 0 Å². The number of nitrogens with two attached hydrogens (primary N) is 1. The van der Waals surface area contributed by atoms with Crippen molar-refractivity contribution in [1.82, 2.24) is 10.2 Å². The fourth-order valence-corrected chi connectivity index (χ4v) is 2.33. The second-order valence-electron chi connectivity index (χ2n) is 6.20. The molecule has 1 aliphatic rings. The highest BCUT2D eigenvalue weighted by Gasteiger charge is 2.26. The maximum atomic E-state index is 12.0. The first kappa shape index (κ1) is 15.4. The van der Waals surface area contributed by atoms with Crippen LogP contribution >= 0.6 is 0 Å². The van der Waals surface area contributed by atoms with E-state index in [9.17, 15) is 4.79 Å². The highest BCUT2D eigenvalue weighted by atomic mass is 16.2. The molecule has 0 aliphatic carbocycles. The Balaban J connectivity index is 2.19. The van der Waals surface area contributed by atoms with Crippen LogP contribution in [-0.2, 0) is 4.79 Å². The van der Waals surface area contributed by atoms with Crippen molar-refractivity contribution >= 4 is 5.91 Å². The fraction of sp³-hybridized carbons (Fsp3) is 0.929. The van der Waals surface area contributed by atoms with Crippen molar-refractivity contribution in [3.8, 4) is 0 Å². The lowest BCUT2D eigenvalue weighted by Crippen LogP contribution is -2.43. The molecule has 0 saturated carbocycles. The van der Waals surface area contributed by atoms with E-state index in [1.807, 2.05) is 13.8 Å². The summed E-state index contributed by atoms with van der Waals surface area (Å²) in [5.41, 5.74) is 5.18. The lowest BCUT2D eigenvalue weighted by Gasteiger charge is -2.30. The van der Waals surface area contributed by atoms with Gasteiger partial charge in [-0.2, -0.15) is 0 Å². The van der Waals surface area contributed by atoms with Gasteiger partial charge >= 0.3 is 0 Å². The molecule has 1 fully saturated rings. The summed E-state index contributed by atoms with van der Waals surface area (Å²) in [7, 11) is 0. The molecule has 1 rings (SSSR count). The van der Waals surface area contributed by atoms with Gasteiger partial charge in [-0.1, -0.05) is 20.8 Å². The molecule has 0 aromatic rings. The van der Waals surface area contributed by atoms with E-state index >= 15 is 0 Å². The summed E-state index contributed by atoms with van der Waals surface area (Å²) in [6, 6.07) is 0. The van der Waals surface area contributed by atoms with Gasteiger partial charge in [-0.05, 0) is 44.8 Å². The number of hydrogen-bond donors (Lipinski definition) is 2. The summed E-state index contributed by atoms with van der Waals surface area (Å²) in [6.07, 6.45) is 3.30. The molecule has 0 bridgehead atoms. The summed E-state index contributed by atoms with van der Waals surface area (Å²) >= 11 is 0. The van der Waals surface area contributed by atoms with Crippen LogP contribution in [-0.4, -0.2) is 43.5 Å². The Labute approximate surface area is 111 Å². The first-order valence-electron chi connectivity index (χ1n) is 7.16. The lowest BCUT2D eigenvalue weighted by atomic mass is 9.88. The van der Waals surface area contributed by atoms with Gasteiger partial charge < -0.3 is 16.0 Å². The van der Waals surface area contributed by atoms with Crippen LogP contribution in [0.25, 0.3) is 0 Å². The van der Waals surface area contributed by atoms with E-state index in [1.54, 1.807) is 0 Å². The van der Waals surface area contributed by atoms with Crippen LogP contribution in [0.15, 0.2) is 0 Å². The van der Waals surface area contributed by atoms with Crippen LogP contribution in [0.3, 0.4) is 0 Å². The summed E-state index contributed by atoms with van der Waals surface area (Å²) in [4.78, 5) is 14.4. The van der Waals surface area contributed by atoms with Gasteiger partial charge in [0, 0.05) is 18.5 Å².